The lowest BCUT2D eigenvalue weighted by Gasteiger charge is -2.29. The largest absolute Gasteiger partial charge is 0.391 e. The molecule has 0 spiro atoms. The molecule has 2 atom stereocenters. The summed E-state index contributed by atoms with van der Waals surface area (Å²) in [6.07, 6.45) is 4.86. The van der Waals surface area contributed by atoms with Gasteiger partial charge in [0.25, 0.3) is 0 Å². The molecular formula is C18H20F2N6O. The highest BCUT2D eigenvalue weighted by molar-refractivity contribution is 5.88. The van der Waals surface area contributed by atoms with E-state index in [-0.39, 0.29) is 12.0 Å². The quantitative estimate of drug-likeness (QED) is 0.650. The molecule has 142 valence electrons. The van der Waals surface area contributed by atoms with Crippen LogP contribution in [0, 0.1) is 11.6 Å². The lowest BCUT2D eigenvalue weighted by molar-refractivity contribution is 0.116. The third kappa shape index (κ3) is 3.55. The van der Waals surface area contributed by atoms with Gasteiger partial charge in [-0.3, -0.25) is 4.68 Å². The number of aliphatic hydroxyl groups excluding tert-OH is 1. The van der Waals surface area contributed by atoms with Crippen LogP contribution in [0.15, 0.2) is 24.4 Å². The maximum Gasteiger partial charge on any atom is 0.231 e. The number of nitrogens with one attached hydrogen (secondary N) is 2. The van der Waals surface area contributed by atoms with Crippen molar-refractivity contribution in [1.29, 1.82) is 0 Å². The van der Waals surface area contributed by atoms with Crippen LogP contribution in [0.25, 0.3) is 11.0 Å². The van der Waals surface area contributed by atoms with Crippen molar-refractivity contribution >= 4 is 28.5 Å². The van der Waals surface area contributed by atoms with Crippen molar-refractivity contribution in [3.8, 4) is 0 Å². The topological polar surface area (TPSA) is 87.9 Å². The minimum absolute atomic E-state index is 0.104. The van der Waals surface area contributed by atoms with Crippen molar-refractivity contribution in [1.82, 2.24) is 19.7 Å². The summed E-state index contributed by atoms with van der Waals surface area (Å²) in [5.41, 5.74) is 0.918. The molecular weight excluding hydrogens is 354 g/mol. The van der Waals surface area contributed by atoms with Gasteiger partial charge in [0, 0.05) is 18.8 Å². The fourth-order valence-corrected chi connectivity index (χ4v) is 3.35. The number of aryl methyl sites for hydroxylation is 1. The first-order valence-corrected chi connectivity index (χ1v) is 8.87. The van der Waals surface area contributed by atoms with Crippen molar-refractivity contribution in [2.75, 3.05) is 10.6 Å². The molecule has 3 aromatic rings. The monoisotopic (exact) mass is 374 g/mol. The molecule has 1 fully saturated rings. The molecule has 9 heteroatoms. The molecule has 1 aliphatic carbocycles. The highest BCUT2D eigenvalue weighted by atomic mass is 19.2. The lowest BCUT2D eigenvalue weighted by Crippen LogP contribution is -2.36. The Morgan fingerprint density at radius 3 is 2.74 bits per heavy atom. The Morgan fingerprint density at radius 2 is 1.96 bits per heavy atom. The molecule has 1 saturated carbocycles. The van der Waals surface area contributed by atoms with Crippen LogP contribution in [0.3, 0.4) is 0 Å². The minimum atomic E-state index is -0.953. The van der Waals surface area contributed by atoms with Crippen molar-refractivity contribution in [2.45, 2.75) is 37.8 Å². The standard InChI is InChI=1S/C18H20F2N6O/c1-26-17-11(9-21-26)16(23-14-4-2-3-5-15(14)27)24-18(25-17)22-10-6-7-12(19)13(20)8-10/h6-9,14-15,27H,2-5H2,1H3,(H2,22,23,24,25). The van der Waals surface area contributed by atoms with E-state index in [0.29, 0.717) is 17.2 Å². The van der Waals surface area contributed by atoms with Gasteiger partial charge in [0.15, 0.2) is 17.3 Å². The van der Waals surface area contributed by atoms with Crippen LogP contribution in [0.4, 0.5) is 26.2 Å². The number of halogens is 2. The number of anilines is 3. The lowest BCUT2D eigenvalue weighted by atomic mass is 9.92. The van der Waals surface area contributed by atoms with E-state index in [0.717, 1.165) is 43.2 Å². The van der Waals surface area contributed by atoms with E-state index in [9.17, 15) is 13.9 Å². The van der Waals surface area contributed by atoms with E-state index in [4.69, 9.17) is 0 Å². The van der Waals surface area contributed by atoms with Gasteiger partial charge in [-0.15, -0.1) is 0 Å². The Bertz CT molecular complexity index is 976. The van der Waals surface area contributed by atoms with Crippen LogP contribution in [0.1, 0.15) is 25.7 Å². The Kier molecular flexibility index (Phi) is 4.61. The summed E-state index contributed by atoms with van der Waals surface area (Å²) in [6.45, 7) is 0. The number of aliphatic hydroxyl groups is 1. The summed E-state index contributed by atoms with van der Waals surface area (Å²) in [5, 5.41) is 21.4. The maximum atomic E-state index is 13.5. The van der Waals surface area contributed by atoms with E-state index in [1.165, 1.54) is 6.07 Å². The van der Waals surface area contributed by atoms with Crippen molar-refractivity contribution in [2.24, 2.45) is 7.05 Å². The van der Waals surface area contributed by atoms with Gasteiger partial charge in [-0.25, -0.2) is 8.78 Å². The number of aromatic nitrogens is 4. The highest BCUT2D eigenvalue weighted by Crippen LogP contribution is 2.27. The van der Waals surface area contributed by atoms with Crippen LogP contribution in [0.5, 0.6) is 0 Å². The summed E-state index contributed by atoms with van der Waals surface area (Å²) in [7, 11) is 1.76. The SMILES string of the molecule is Cn1ncc2c(NC3CCCCC3O)nc(Nc3ccc(F)c(F)c3)nc21. The van der Waals surface area contributed by atoms with Crippen molar-refractivity contribution < 1.29 is 13.9 Å². The second-order valence-electron chi connectivity index (χ2n) is 6.76. The molecule has 0 radical (unpaired) electrons. The van der Waals surface area contributed by atoms with Gasteiger partial charge < -0.3 is 15.7 Å². The van der Waals surface area contributed by atoms with Gasteiger partial charge in [-0.2, -0.15) is 15.1 Å². The van der Waals surface area contributed by atoms with Crippen LogP contribution in [-0.4, -0.2) is 37.0 Å². The number of rotatable bonds is 4. The van der Waals surface area contributed by atoms with Gasteiger partial charge >= 0.3 is 0 Å². The van der Waals surface area contributed by atoms with Crippen LogP contribution in [0.2, 0.25) is 0 Å². The minimum Gasteiger partial charge on any atom is -0.391 e. The first-order valence-electron chi connectivity index (χ1n) is 8.87. The predicted octanol–water partition coefficient (Wildman–Crippen LogP) is 3.10. The van der Waals surface area contributed by atoms with E-state index >= 15 is 0 Å². The normalized spacial score (nSPS) is 20.0. The molecule has 4 rings (SSSR count). The van der Waals surface area contributed by atoms with E-state index in [1.54, 1.807) is 17.9 Å². The molecule has 2 unspecified atom stereocenters. The molecule has 2 aromatic heterocycles. The second kappa shape index (κ2) is 7.07. The molecule has 2 heterocycles. The highest BCUT2D eigenvalue weighted by Gasteiger charge is 2.24. The number of nitrogens with zero attached hydrogens (tertiary/aromatic N) is 4. The predicted molar refractivity (Wildman–Crippen MR) is 97.8 cm³/mol. The average molecular weight is 374 g/mol. The second-order valence-corrected chi connectivity index (χ2v) is 6.76. The number of benzene rings is 1. The van der Waals surface area contributed by atoms with Crippen LogP contribution < -0.4 is 10.6 Å². The maximum absolute atomic E-state index is 13.5. The summed E-state index contributed by atoms with van der Waals surface area (Å²) in [4.78, 5) is 8.89. The Morgan fingerprint density at radius 1 is 1.15 bits per heavy atom. The summed E-state index contributed by atoms with van der Waals surface area (Å²) < 4.78 is 28.2. The van der Waals surface area contributed by atoms with Crippen LogP contribution in [-0.2, 0) is 7.05 Å². The van der Waals surface area contributed by atoms with Crippen LogP contribution >= 0.6 is 0 Å². The first kappa shape index (κ1) is 17.6. The molecule has 0 bridgehead atoms. The molecule has 1 aromatic carbocycles. The average Bonchev–Trinajstić information content (AvgIpc) is 3.02. The Labute approximate surface area is 154 Å². The number of fused-ring (bicyclic) bond motifs is 1. The molecule has 7 nitrogen and oxygen atoms in total. The van der Waals surface area contributed by atoms with Gasteiger partial charge in [-0.05, 0) is 25.0 Å². The van der Waals surface area contributed by atoms with Gasteiger partial charge in [-0.1, -0.05) is 12.8 Å². The van der Waals surface area contributed by atoms with Gasteiger partial charge in [0.1, 0.15) is 5.82 Å². The Balaban J connectivity index is 1.68. The fourth-order valence-electron chi connectivity index (χ4n) is 3.35. The zero-order valence-electron chi connectivity index (χ0n) is 14.8. The molecule has 27 heavy (non-hydrogen) atoms. The van der Waals surface area contributed by atoms with E-state index < -0.39 is 17.7 Å². The molecule has 0 aliphatic heterocycles. The van der Waals surface area contributed by atoms with E-state index in [1.807, 2.05) is 0 Å². The third-order valence-electron chi connectivity index (χ3n) is 4.82. The molecule has 3 N–H and O–H groups in total. The van der Waals surface area contributed by atoms with Crippen molar-refractivity contribution in [3.63, 3.8) is 0 Å². The summed E-state index contributed by atoms with van der Waals surface area (Å²) >= 11 is 0. The zero-order chi connectivity index (χ0) is 19.0. The zero-order valence-corrected chi connectivity index (χ0v) is 14.8. The van der Waals surface area contributed by atoms with Gasteiger partial charge in [0.2, 0.25) is 5.95 Å². The first-order chi connectivity index (χ1) is 13.0. The third-order valence-corrected chi connectivity index (χ3v) is 4.82. The molecule has 0 amide bonds. The van der Waals surface area contributed by atoms with E-state index in [2.05, 4.69) is 25.7 Å². The molecule has 1 aliphatic rings. The van der Waals surface area contributed by atoms with Crippen molar-refractivity contribution in [3.05, 3.63) is 36.0 Å². The fraction of sp³-hybridized carbons (Fsp3) is 0.389. The smallest absolute Gasteiger partial charge is 0.231 e. The Hall–Kier alpha value is -2.81. The summed E-state index contributed by atoms with van der Waals surface area (Å²) in [5.74, 6) is -1.10. The summed E-state index contributed by atoms with van der Waals surface area (Å²) in [6, 6.07) is 3.39. The number of hydrogen-bond donors (Lipinski definition) is 3. The number of hydrogen-bond acceptors (Lipinski definition) is 6. The molecule has 0 saturated heterocycles. The van der Waals surface area contributed by atoms with Gasteiger partial charge in [0.05, 0.1) is 23.7 Å².